The van der Waals surface area contributed by atoms with Gasteiger partial charge in [-0.3, -0.25) is 0 Å². The van der Waals surface area contributed by atoms with Crippen molar-refractivity contribution in [2.45, 2.75) is 32.2 Å². The second-order valence-corrected chi connectivity index (χ2v) is 5.80. The van der Waals surface area contributed by atoms with Crippen molar-refractivity contribution < 1.29 is 4.79 Å². The Balaban J connectivity index is 1.74. The number of halogens is 1. The van der Waals surface area contributed by atoms with Crippen LogP contribution in [0.25, 0.3) is 0 Å². The van der Waals surface area contributed by atoms with E-state index in [0.29, 0.717) is 5.02 Å². The Morgan fingerprint density at radius 1 is 1.25 bits per heavy atom. The van der Waals surface area contributed by atoms with Crippen LogP contribution < -0.4 is 10.6 Å². The lowest BCUT2D eigenvalue weighted by atomic mass is 10.1. The summed E-state index contributed by atoms with van der Waals surface area (Å²) in [6.07, 6.45) is 3.86. The van der Waals surface area contributed by atoms with Crippen LogP contribution in [0.4, 0.5) is 10.5 Å². The van der Waals surface area contributed by atoms with Gasteiger partial charge in [0.25, 0.3) is 0 Å². The third kappa shape index (κ3) is 5.02. The zero-order valence-electron chi connectivity index (χ0n) is 11.9. The summed E-state index contributed by atoms with van der Waals surface area (Å²) >= 11 is 5.81. The number of amides is 2. The van der Waals surface area contributed by atoms with Gasteiger partial charge >= 0.3 is 6.03 Å². The molecule has 1 atom stereocenters. The zero-order chi connectivity index (χ0) is 14.4. The first-order valence-electron chi connectivity index (χ1n) is 7.19. The SMILES string of the molecule is C[C@@H](CN1CCCCC1)NC(=O)Nc1ccc(Cl)cc1. The fourth-order valence-electron chi connectivity index (χ4n) is 2.50. The average molecular weight is 296 g/mol. The summed E-state index contributed by atoms with van der Waals surface area (Å²) in [5.74, 6) is 0. The highest BCUT2D eigenvalue weighted by Crippen LogP contribution is 2.13. The molecule has 1 fully saturated rings. The highest BCUT2D eigenvalue weighted by Gasteiger charge is 2.14. The van der Waals surface area contributed by atoms with E-state index in [1.165, 1.54) is 19.3 Å². The van der Waals surface area contributed by atoms with E-state index in [4.69, 9.17) is 11.6 Å². The minimum Gasteiger partial charge on any atom is -0.334 e. The number of hydrogen-bond acceptors (Lipinski definition) is 2. The maximum Gasteiger partial charge on any atom is 0.319 e. The molecule has 2 rings (SSSR count). The molecule has 110 valence electrons. The van der Waals surface area contributed by atoms with E-state index in [9.17, 15) is 4.79 Å². The number of nitrogens with zero attached hydrogens (tertiary/aromatic N) is 1. The van der Waals surface area contributed by atoms with E-state index in [1.807, 2.05) is 6.92 Å². The van der Waals surface area contributed by atoms with Gasteiger partial charge in [0.1, 0.15) is 0 Å². The molecule has 1 aliphatic rings. The summed E-state index contributed by atoms with van der Waals surface area (Å²) < 4.78 is 0. The molecule has 0 radical (unpaired) electrons. The quantitative estimate of drug-likeness (QED) is 0.895. The first-order valence-corrected chi connectivity index (χ1v) is 7.57. The first-order chi connectivity index (χ1) is 9.63. The Morgan fingerprint density at radius 2 is 1.90 bits per heavy atom. The van der Waals surface area contributed by atoms with Gasteiger partial charge in [-0.1, -0.05) is 18.0 Å². The van der Waals surface area contributed by atoms with Gasteiger partial charge in [-0.15, -0.1) is 0 Å². The van der Waals surface area contributed by atoms with Crippen LogP contribution in [-0.2, 0) is 0 Å². The Morgan fingerprint density at radius 3 is 2.55 bits per heavy atom. The number of carbonyl (C=O) groups excluding carboxylic acids is 1. The predicted octanol–water partition coefficient (Wildman–Crippen LogP) is 3.34. The predicted molar refractivity (Wildman–Crippen MR) is 83.4 cm³/mol. The molecule has 4 nitrogen and oxygen atoms in total. The number of likely N-dealkylation sites (tertiary alicyclic amines) is 1. The van der Waals surface area contributed by atoms with Crippen molar-refractivity contribution in [1.29, 1.82) is 0 Å². The molecule has 2 N–H and O–H groups in total. The molecule has 1 saturated heterocycles. The van der Waals surface area contributed by atoms with E-state index >= 15 is 0 Å². The fraction of sp³-hybridized carbons (Fsp3) is 0.533. The van der Waals surface area contributed by atoms with Gasteiger partial charge in [0.15, 0.2) is 0 Å². The van der Waals surface area contributed by atoms with Crippen LogP contribution in [0.15, 0.2) is 24.3 Å². The van der Waals surface area contributed by atoms with Crippen LogP contribution in [0.5, 0.6) is 0 Å². The lowest BCUT2D eigenvalue weighted by molar-refractivity contribution is 0.206. The fourth-order valence-corrected chi connectivity index (χ4v) is 2.63. The molecule has 0 unspecified atom stereocenters. The van der Waals surface area contributed by atoms with Gasteiger partial charge in [0.2, 0.25) is 0 Å². The Hall–Kier alpha value is -1.26. The monoisotopic (exact) mass is 295 g/mol. The highest BCUT2D eigenvalue weighted by molar-refractivity contribution is 6.30. The molecule has 5 heteroatoms. The van der Waals surface area contributed by atoms with E-state index in [0.717, 1.165) is 25.3 Å². The first kappa shape index (κ1) is 15.1. The average Bonchev–Trinajstić information content (AvgIpc) is 2.42. The van der Waals surface area contributed by atoms with Gasteiger partial charge in [-0.05, 0) is 57.1 Å². The number of carbonyl (C=O) groups is 1. The molecule has 0 saturated carbocycles. The molecule has 20 heavy (non-hydrogen) atoms. The maximum absolute atomic E-state index is 11.9. The van der Waals surface area contributed by atoms with Crippen LogP contribution in [0, 0.1) is 0 Å². The number of benzene rings is 1. The van der Waals surface area contributed by atoms with Gasteiger partial charge in [-0.2, -0.15) is 0 Å². The van der Waals surface area contributed by atoms with E-state index in [1.54, 1.807) is 24.3 Å². The topological polar surface area (TPSA) is 44.4 Å². The van der Waals surface area contributed by atoms with Crippen LogP contribution in [0.2, 0.25) is 5.02 Å². The van der Waals surface area contributed by atoms with Gasteiger partial charge in [0, 0.05) is 23.3 Å². The van der Waals surface area contributed by atoms with Crippen LogP contribution in [-0.4, -0.2) is 36.6 Å². The second kappa shape index (κ2) is 7.50. The largest absolute Gasteiger partial charge is 0.334 e. The molecule has 0 spiro atoms. The number of anilines is 1. The van der Waals surface area contributed by atoms with Crippen LogP contribution in [0.1, 0.15) is 26.2 Å². The number of rotatable bonds is 4. The molecule has 1 aromatic rings. The molecule has 1 heterocycles. The molecule has 1 aromatic carbocycles. The number of hydrogen-bond donors (Lipinski definition) is 2. The van der Waals surface area contributed by atoms with E-state index in [-0.39, 0.29) is 12.1 Å². The molecule has 2 amide bonds. The molecule has 0 aliphatic carbocycles. The second-order valence-electron chi connectivity index (χ2n) is 5.37. The number of nitrogens with one attached hydrogen (secondary N) is 2. The van der Waals surface area contributed by atoms with Crippen molar-refractivity contribution >= 4 is 23.3 Å². The maximum atomic E-state index is 11.9. The van der Waals surface area contributed by atoms with Gasteiger partial charge in [-0.25, -0.2) is 4.79 Å². The van der Waals surface area contributed by atoms with Crippen LogP contribution in [0.3, 0.4) is 0 Å². The standard InChI is InChI=1S/C15H22ClN3O/c1-12(11-19-9-3-2-4-10-19)17-15(20)18-14-7-5-13(16)6-8-14/h5-8,12H,2-4,9-11H2,1H3,(H2,17,18,20)/t12-/m0/s1. The summed E-state index contributed by atoms with van der Waals surface area (Å²) in [4.78, 5) is 14.3. The number of piperidine rings is 1. The smallest absolute Gasteiger partial charge is 0.319 e. The van der Waals surface area contributed by atoms with Crippen molar-refractivity contribution in [3.63, 3.8) is 0 Å². The molecule has 1 aliphatic heterocycles. The third-order valence-electron chi connectivity index (χ3n) is 3.46. The highest BCUT2D eigenvalue weighted by atomic mass is 35.5. The zero-order valence-corrected chi connectivity index (χ0v) is 12.6. The van der Waals surface area contributed by atoms with Crippen molar-refractivity contribution in [1.82, 2.24) is 10.2 Å². The normalized spacial score (nSPS) is 17.5. The van der Waals surface area contributed by atoms with E-state index < -0.39 is 0 Å². The Bertz CT molecular complexity index is 429. The van der Waals surface area contributed by atoms with Crippen molar-refractivity contribution in [3.8, 4) is 0 Å². The molecular weight excluding hydrogens is 274 g/mol. The van der Waals surface area contributed by atoms with Crippen molar-refractivity contribution in [2.24, 2.45) is 0 Å². The Kier molecular flexibility index (Phi) is 5.68. The Labute approximate surface area is 125 Å². The summed E-state index contributed by atoms with van der Waals surface area (Å²) in [5.41, 5.74) is 0.747. The third-order valence-corrected chi connectivity index (χ3v) is 3.71. The molecule has 0 aromatic heterocycles. The van der Waals surface area contributed by atoms with Gasteiger partial charge in [0.05, 0.1) is 0 Å². The molecular formula is C15H22ClN3O. The lowest BCUT2D eigenvalue weighted by Crippen LogP contribution is -2.45. The summed E-state index contributed by atoms with van der Waals surface area (Å²) in [7, 11) is 0. The summed E-state index contributed by atoms with van der Waals surface area (Å²) in [5, 5.41) is 6.44. The summed E-state index contributed by atoms with van der Waals surface area (Å²) in [6, 6.07) is 7.06. The summed E-state index contributed by atoms with van der Waals surface area (Å²) in [6.45, 7) is 5.24. The van der Waals surface area contributed by atoms with Crippen molar-refractivity contribution in [3.05, 3.63) is 29.3 Å². The number of urea groups is 1. The minimum atomic E-state index is -0.170. The lowest BCUT2D eigenvalue weighted by Gasteiger charge is -2.29. The van der Waals surface area contributed by atoms with E-state index in [2.05, 4.69) is 15.5 Å². The van der Waals surface area contributed by atoms with Crippen LogP contribution >= 0.6 is 11.6 Å². The van der Waals surface area contributed by atoms with Crippen molar-refractivity contribution in [2.75, 3.05) is 25.0 Å². The molecule has 0 bridgehead atoms. The minimum absolute atomic E-state index is 0.139. The van der Waals surface area contributed by atoms with Gasteiger partial charge < -0.3 is 15.5 Å².